The van der Waals surface area contributed by atoms with E-state index in [9.17, 15) is 4.79 Å². The molecule has 25 heavy (non-hydrogen) atoms. The van der Waals surface area contributed by atoms with Crippen molar-refractivity contribution >= 4 is 22.4 Å². The van der Waals surface area contributed by atoms with E-state index in [1.807, 2.05) is 0 Å². The van der Waals surface area contributed by atoms with Crippen LogP contribution >= 0.6 is 11.3 Å². The number of amides is 1. The van der Waals surface area contributed by atoms with E-state index in [4.69, 9.17) is 0 Å². The highest BCUT2D eigenvalue weighted by atomic mass is 32.1. The maximum Gasteiger partial charge on any atom is 0.230 e. The molecule has 2 heterocycles. The van der Waals surface area contributed by atoms with Gasteiger partial charge in [0.1, 0.15) is 0 Å². The van der Waals surface area contributed by atoms with Gasteiger partial charge in [-0.25, -0.2) is 4.98 Å². The zero-order valence-corrected chi connectivity index (χ0v) is 15.6. The van der Waals surface area contributed by atoms with Gasteiger partial charge in [-0.3, -0.25) is 9.69 Å². The van der Waals surface area contributed by atoms with Gasteiger partial charge in [-0.1, -0.05) is 25.1 Å². The van der Waals surface area contributed by atoms with E-state index >= 15 is 0 Å². The van der Waals surface area contributed by atoms with Crippen LogP contribution in [0.15, 0.2) is 18.2 Å². The Labute approximate surface area is 153 Å². The van der Waals surface area contributed by atoms with Crippen LogP contribution in [-0.4, -0.2) is 28.9 Å². The fraction of sp³-hybridized carbons (Fsp3) is 0.500. The van der Waals surface area contributed by atoms with Crippen LogP contribution in [-0.2, 0) is 37.0 Å². The summed E-state index contributed by atoms with van der Waals surface area (Å²) in [5, 5.41) is 3.77. The zero-order valence-electron chi connectivity index (χ0n) is 14.8. The number of anilines is 1. The molecule has 1 aromatic heterocycles. The number of carbonyl (C=O) groups excluding carboxylic acids is 1. The van der Waals surface area contributed by atoms with Crippen molar-refractivity contribution in [2.45, 2.75) is 52.0 Å². The van der Waals surface area contributed by atoms with E-state index in [0.717, 1.165) is 43.2 Å². The highest BCUT2D eigenvalue weighted by Crippen LogP contribution is 2.28. The van der Waals surface area contributed by atoms with Gasteiger partial charge in [0.05, 0.1) is 12.1 Å². The topological polar surface area (TPSA) is 45.2 Å². The van der Waals surface area contributed by atoms with Gasteiger partial charge in [0.25, 0.3) is 0 Å². The van der Waals surface area contributed by atoms with Crippen LogP contribution in [0.5, 0.6) is 0 Å². The summed E-state index contributed by atoms with van der Waals surface area (Å²) in [5.41, 5.74) is 5.17. The fourth-order valence-electron chi connectivity index (χ4n) is 3.82. The number of nitrogens with one attached hydrogen (secondary N) is 1. The standard InChI is InChI=1S/C20H25N3OS/c1-2-23-10-9-17-18(13-23)25-20(21-17)22-19(24)12-14-7-8-15-5-3-4-6-16(15)11-14/h7-8,11H,2-6,9-10,12-13H2,1H3,(H,21,22,24). The molecule has 5 heteroatoms. The molecule has 1 N–H and O–H groups in total. The Kier molecular flexibility index (Phi) is 4.86. The minimum absolute atomic E-state index is 0.0363. The van der Waals surface area contributed by atoms with E-state index in [-0.39, 0.29) is 5.91 Å². The Hall–Kier alpha value is -1.72. The van der Waals surface area contributed by atoms with Crippen LogP contribution in [0.1, 0.15) is 47.0 Å². The van der Waals surface area contributed by atoms with Crippen molar-refractivity contribution in [2.24, 2.45) is 0 Å². The van der Waals surface area contributed by atoms with Crippen molar-refractivity contribution in [3.8, 4) is 0 Å². The molecule has 0 unspecified atom stereocenters. The third-order valence-electron chi connectivity index (χ3n) is 5.28. The number of hydrogen-bond acceptors (Lipinski definition) is 4. The number of aromatic nitrogens is 1. The third-order valence-corrected chi connectivity index (χ3v) is 6.28. The average Bonchev–Trinajstić information content (AvgIpc) is 3.02. The Bertz CT molecular complexity index is 783. The summed E-state index contributed by atoms with van der Waals surface area (Å²) in [6.07, 6.45) is 6.30. The second-order valence-electron chi connectivity index (χ2n) is 7.04. The molecule has 2 aromatic rings. The molecular weight excluding hydrogens is 330 g/mol. The number of fused-ring (bicyclic) bond motifs is 2. The maximum absolute atomic E-state index is 12.4. The first-order chi connectivity index (χ1) is 12.2. The first kappa shape index (κ1) is 16.7. The highest BCUT2D eigenvalue weighted by Gasteiger charge is 2.20. The fourth-order valence-corrected chi connectivity index (χ4v) is 4.88. The molecule has 4 nitrogen and oxygen atoms in total. The molecule has 0 saturated heterocycles. The van der Waals surface area contributed by atoms with Gasteiger partial charge in [0.15, 0.2) is 5.13 Å². The predicted molar refractivity (Wildman–Crippen MR) is 102 cm³/mol. The number of likely N-dealkylation sites (N-methyl/N-ethyl adjacent to an activating group) is 1. The minimum Gasteiger partial charge on any atom is -0.302 e. The molecule has 0 atom stereocenters. The summed E-state index contributed by atoms with van der Waals surface area (Å²) in [6.45, 7) is 5.28. The van der Waals surface area contributed by atoms with E-state index in [0.29, 0.717) is 6.42 Å². The molecule has 4 rings (SSSR count). The van der Waals surface area contributed by atoms with Crippen molar-refractivity contribution in [3.05, 3.63) is 45.5 Å². The number of aryl methyl sites for hydroxylation is 2. The molecule has 1 amide bonds. The van der Waals surface area contributed by atoms with E-state index in [1.54, 1.807) is 11.3 Å². The summed E-state index contributed by atoms with van der Waals surface area (Å²) in [6, 6.07) is 6.54. The Morgan fingerprint density at radius 3 is 2.92 bits per heavy atom. The van der Waals surface area contributed by atoms with Crippen molar-refractivity contribution in [3.63, 3.8) is 0 Å². The molecule has 1 aromatic carbocycles. The molecule has 2 aliphatic rings. The largest absolute Gasteiger partial charge is 0.302 e. The normalized spacial score (nSPS) is 17.0. The van der Waals surface area contributed by atoms with E-state index in [1.165, 1.54) is 41.0 Å². The van der Waals surface area contributed by atoms with Gasteiger partial charge in [-0.15, -0.1) is 11.3 Å². The molecule has 1 aliphatic heterocycles. The first-order valence-electron chi connectivity index (χ1n) is 9.32. The van der Waals surface area contributed by atoms with Crippen molar-refractivity contribution in [2.75, 3.05) is 18.4 Å². The quantitative estimate of drug-likeness (QED) is 0.912. The molecule has 0 bridgehead atoms. The lowest BCUT2D eigenvalue weighted by molar-refractivity contribution is -0.115. The number of carbonyl (C=O) groups is 1. The summed E-state index contributed by atoms with van der Waals surface area (Å²) in [5.74, 6) is 0.0363. The van der Waals surface area contributed by atoms with Crippen molar-refractivity contribution in [1.82, 2.24) is 9.88 Å². The number of hydrogen-bond donors (Lipinski definition) is 1. The lowest BCUT2D eigenvalue weighted by atomic mass is 9.90. The van der Waals surface area contributed by atoms with Crippen molar-refractivity contribution in [1.29, 1.82) is 0 Å². The number of nitrogens with zero attached hydrogens (tertiary/aromatic N) is 2. The second kappa shape index (κ2) is 7.26. The molecular formula is C20H25N3OS. The average molecular weight is 356 g/mol. The van der Waals surface area contributed by atoms with Crippen LogP contribution in [0, 0.1) is 0 Å². The van der Waals surface area contributed by atoms with Gasteiger partial charge < -0.3 is 5.32 Å². The Balaban J connectivity index is 1.40. The van der Waals surface area contributed by atoms with Crippen LogP contribution in [0.4, 0.5) is 5.13 Å². The summed E-state index contributed by atoms with van der Waals surface area (Å²) < 4.78 is 0. The van der Waals surface area contributed by atoms with Crippen molar-refractivity contribution < 1.29 is 4.79 Å². The molecule has 0 fully saturated rings. The highest BCUT2D eigenvalue weighted by molar-refractivity contribution is 7.15. The van der Waals surface area contributed by atoms with Gasteiger partial charge in [0, 0.05) is 24.4 Å². The Morgan fingerprint density at radius 2 is 2.08 bits per heavy atom. The van der Waals surface area contributed by atoms with Crippen LogP contribution in [0.3, 0.4) is 0 Å². The molecule has 0 radical (unpaired) electrons. The summed E-state index contributed by atoms with van der Waals surface area (Å²) >= 11 is 1.63. The molecule has 132 valence electrons. The molecule has 0 saturated carbocycles. The number of benzene rings is 1. The molecule has 1 aliphatic carbocycles. The summed E-state index contributed by atoms with van der Waals surface area (Å²) in [7, 11) is 0. The predicted octanol–water partition coefficient (Wildman–Crippen LogP) is 3.58. The van der Waals surface area contributed by atoms with E-state index < -0.39 is 0 Å². The Morgan fingerprint density at radius 1 is 1.24 bits per heavy atom. The third kappa shape index (κ3) is 3.77. The lowest BCUT2D eigenvalue weighted by Crippen LogP contribution is -2.29. The van der Waals surface area contributed by atoms with E-state index in [2.05, 4.69) is 40.3 Å². The number of thiazole rings is 1. The number of rotatable bonds is 4. The van der Waals surface area contributed by atoms with Gasteiger partial charge >= 0.3 is 0 Å². The molecule has 0 spiro atoms. The second-order valence-corrected chi connectivity index (χ2v) is 8.13. The van der Waals surface area contributed by atoms with Gasteiger partial charge in [-0.2, -0.15) is 0 Å². The lowest BCUT2D eigenvalue weighted by Gasteiger charge is -2.23. The summed E-state index contributed by atoms with van der Waals surface area (Å²) in [4.78, 5) is 20.8. The zero-order chi connectivity index (χ0) is 17.2. The maximum atomic E-state index is 12.4. The monoisotopic (exact) mass is 355 g/mol. The SMILES string of the molecule is CCN1CCc2nc(NC(=O)Cc3ccc4c(c3)CCCC4)sc2C1. The van der Waals surface area contributed by atoms with Crippen LogP contribution < -0.4 is 5.32 Å². The van der Waals surface area contributed by atoms with Crippen LogP contribution in [0.2, 0.25) is 0 Å². The van der Waals surface area contributed by atoms with Gasteiger partial charge in [0.2, 0.25) is 5.91 Å². The van der Waals surface area contributed by atoms with Gasteiger partial charge in [-0.05, 0) is 48.9 Å². The smallest absolute Gasteiger partial charge is 0.230 e. The first-order valence-corrected chi connectivity index (χ1v) is 10.1. The minimum atomic E-state index is 0.0363. The van der Waals surface area contributed by atoms with Crippen LogP contribution in [0.25, 0.3) is 0 Å².